The topological polar surface area (TPSA) is 35.5 Å². The molecule has 1 atom stereocenters. The van der Waals surface area contributed by atoms with Crippen LogP contribution >= 0.6 is 0 Å². The molecule has 0 aromatic rings. The van der Waals surface area contributed by atoms with Gasteiger partial charge in [0.2, 0.25) is 0 Å². The molecule has 1 unspecified atom stereocenters. The quantitative estimate of drug-likeness (QED) is 0.419. The van der Waals surface area contributed by atoms with Gasteiger partial charge in [0.15, 0.2) is 0 Å². The van der Waals surface area contributed by atoms with E-state index < -0.39 is 5.60 Å². The summed E-state index contributed by atoms with van der Waals surface area (Å²) in [5.41, 5.74) is -0.400. The fraction of sp³-hybridized carbons (Fsp3) is 0.938. The van der Waals surface area contributed by atoms with Crippen molar-refractivity contribution in [1.29, 1.82) is 0 Å². The van der Waals surface area contributed by atoms with Gasteiger partial charge in [0, 0.05) is 0 Å². The van der Waals surface area contributed by atoms with E-state index in [2.05, 4.69) is 20.8 Å². The molecule has 19 heavy (non-hydrogen) atoms. The van der Waals surface area contributed by atoms with Crippen molar-refractivity contribution >= 4 is 5.97 Å². The van der Waals surface area contributed by atoms with Crippen LogP contribution in [0, 0.1) is 11.8 Å². The summed E-state index contributed by atoms with van der Waals surface area (Å²) in [6, 6.07) is 0. The molecule has 0 bridgehead atoms. The smallest absolute Gasteiger partial charge is 0.298 e. The molecular weight excluding hydrogens is 240 g/mol. The van der Waals surface area contributed by atoms with Gasteiger partial charge in [-0.25, -0.2) is 4.79 Å². The second kappa shape index (κ2) is 9.35. The van der Waals surface area contributed by atoms with Crippen molar-refractivity contribution in [2.45, 2.75) is 85.7 Å². The van der Waals surface area contributed by atoms with E-state index in [4.69, 9.17) is 9.78 Å². The van der Waals surface area contributed by atoms with Crippen LogP contribution in [0.1, 0.15) is 80.1 Å². The van der Waals surface area contributed by atoms with Crippen LogP contribution in [0.3, 0.4) is 0 Å². The van der Waals surface area contributed by atoms with Crippen molar-refractivity contribution in [3.8, 4) is 0 Å². The van der Waals surface area contributed by atoms with E-state index in [0.717, 1.165) is 38.5 Å². The first-order valence-corrected chi connectivity index (χ1v) is 7.71. The third kappa shape index (κ3) is 9.04. The van der Waals surface area contributed by atoms with Crippen molar-refractivity contribution in [2.24, 2.45) is 11.8 Å². The second-order valence-corrected chi connectivity index (χ2v) is 6.43. The molecule has 0 saturated carbocycles. The first kappa shape index (κ1) is 18.4. The van der Waals surface area contributed by atoms with Gasteiger partial charge in [0.05, 0.1) is 5.92 Å². The monoisotopic (exact) mass is 272 g/mol. The van der Waals surface area contributed by atoms with Gasteiger partial charge in [-0.2, -0.15) is 4.89 Å². The molecule has 0 aromatic carbocycles. The summed E-state index contributed by atoms with van der Waals surface area (Å²) in [6.45, 7) is 12.4. The fourth-order valence-electron chi connectivity index (χ4n) is 1.84. The molecule has 3 heteroatoms. The Bertz CT molecular complexity index is 246. The zero-order chi connectivity index (χ0) is 14.9. The number of carbonyl (C=O) groups is 1. The predicted octanol–water partition coefficient (Wildman–Crippen LogP) is 4.89. The summed E-state index contributed by atoms with van der Waals surface area (Å²) in [4.78, 5) is 22.3. The van der Waals surface area contributed by atoms with E-state index in [-0.39, 0.29) is 11.9 Å². The average Bonchev–Trinajstić information content (AvgIpc) is 2.35. The first-order chi connectivity index (χ1) is 8.82. The van der Waals surface area contributed by atoms with Crippen LogP contribution in [0.25, 0.3) is 0 Å². The van der Waals surface area contributed by atoms with Crippen molar-refractivity contribution in [3.05, 3.63) is 0 Å². The van der Waals surface area contributed by atoms with E-state index in [1.54, 1.807) is 0 Å². The molecule has 0 heterocycles. The maximum atomic E-state index is 11.9. The maximum Gasteiger partial charge on any atom is 0.345 e. The summed E-state index contributed by atoms with van der Waals surface area (Å²) < 4.78 is 0. The third-order valence-corrected chi connectivity index (χ3v) is 3.41. The number of hydrogen-bond donors (Lipinski definition) is 0. The Morgan fingerprint density at radius 3 is 2.26 bits per heavy atom. The SMILES string of the molecule is CCCCC(CC)C(=O)OOC(C)(C)CCC(C)C. The van der Waals surface area contributed by atoms with E-state index in [0.29, 0.717) is 5.92 Å². The van der Waals surface area contributed by atoms with E-state index in [9.17, 15) is 4.79 Å². The van der Waals surface area contributed by atoms with Crippen LogP contribution < -0.4 is 0 Å². The lowest BCUT2D eigenvalue weighted by Crippen LogP contribution is -2.29. The highest BCUT2D eigenvalue weighted by Crippen LogP contribution is 2.22. The van der Waals surface area contributed by atoms with Gasteiger partial charge in [0.25, 0.3) is 0 Å². The lowest BCUT2D eigenvalue weighted by atomic mass is 9.97. The minimum absolute atomic E-state index is 0.0270. The summed E-state index contributed by atoms with van der Waals surface area (Å²) in [5.74, 6) is 0.390. The Balaban J connectivity index is 4.10. The Kier molecular flexibility index (Phi) is 9.07. The van der Waals surface area contributed by atoms with Crippen LogP contribution in [0.15, 0.2) is 0 Å². The van der Waals surface area contributed by atoms with Gasteiger partial charge in [-0.05, 0) is 45.4 Å². The molecule has 3 nitrogen and oxygen atoms in total. The van der Waals surface area contributed by atoms with Gasteiger partial charge >= 0.3 is 5.97 Å². The van der Waals surface area contributed by atoms with Crippen molar-refractivity contribution in [1.82, 2.24) is 0 Å². The molecule has 0 saturated heterocycles. The van der Waals surface area contributed by atoms with Crippen molar-refractivity contribution in [3.63, 3.8) is 0 Å². The van der Waals surface area contributed by atoms with Crippen molar-refractivity contribution in [2.75, 3.05) is 0 Å². The van der Waals surface area contributed by atoms with Crippen molar-refractivity contribution < 1.29 is 14.6 Å². The number of unbranched alkanes of at least 4 members (excludes halogenated alkanes) is 1. The van der Waals surface area contributed by atoms with Crippen LogP contribution in [-0.2, 0) is 14.6 Å². The molecular formula is C16H32O3. The molecule has 0 amide bonds. The van der Waals surface area contributed by atoms with Gasteiger partial charge in [0.1, 0.15) is 5.60 Å². The zero-order valence-corrected chi connectivity index (χ0v) is 13.6. The van der Waals surface area contributed by atoms with E-state index in [1.807, 2.05) is 20.8 Å². The standard InChI is InChI=1S/C16H32O3/c1-7-9-10-14(8-2)15(17)18-19-16(5,6)12-11-13(3)4/h13-14H,7-12H2,1-6H3. The predicted molar refractivity (Wildman–Crippen MR) is 78.6 cm³/mol. The molecule has 0 aromatic heterocycles. The molecule has 0 fully saturated rings. The highest BCUT2D eigenvalue weighted by molar-refractivity contribution is 5.71. The van der Waals surface area contributed by atoms with Gasteiger partial charge in [-0.1, -0.05) is 40.5 Å². The molecule has 0 aliphatic heterocycles. The number of hydrogen-bond acceptors (Lipinski definition) is 3. The molecule has 0 rings (SSSR count). The minimum atomic E-state index is -0.400. The van der Waals surface area contributed by atoms with Crippen LogP contribution in [0.5, 0.6) is 0 Å². The lowest BCUT2D eigenvalue weighted by Gasteiger charge is -2.24. The van der Waals surface area contributed by atoms with Gasteiger partial charge in [-0.3, -0.25) is 4.89 Å². The average molecular weight is 272 g/mol. The maximum absolute atomic E-state index is 11.9. The Morgan fingerprint density at radius 1 is 1.16 bits per heavy atom. The Labute approximate surface area is 119 Å². The molecule has 0 radical (unpaired) electrons. The number of carbonyl (C=O) groups excluding carboxylic acids is 1. The minimum Gasteiger partial charge on any atom is -0.298 e. The molecule has 0 aliphatic rings. The second-order valence-electron chi connectivity index (χ2n) is 6.43. The molecule has 114 valence electrons. The molecule has 0 N–H and O–H groups in total. The Morgan fingerprint density at radius 2 is 1.79 bits per heavy atom. The highest BCUT2D eigenvalue weighted by atomic mass is 17.2. The van der Waals surface area contributed by atoms with E-state index in [1.165, 1.54) is 0 Å². The van der Waals surface area contributed by atoms with Crippen LogP contribution in [0.4, 0.5) is 0 Å². The summed E-state index contributed by atoms with van der Waals surface area (Å²) in [7, 11) is 0. The number of rotatable bonds is 10. The van der Waals surface area contributed by atoms with Gasteiger partial charge in [-0.15, -0.1) is 0 Å². The normalized spacial score (nSPS) is 13.6. The fourth-order valence-corrected chi connectivity index (χ4v) is 1.84. The Hall–Kier alpha value is -0.570. The third-order valence-electron chi connectivity index (χ3n) is 3.41. The van der Waals surface area contributed by atoms with Gasteiger partial charge < -0.3 is 0 Å². The largest absolute Gasteiger partial charge is 0.345 e. The molecule has 0 spiro atoms. The first-order valence-electron chi connectivity index (χ1n) is 7.71. The zero-order valence-electron chi connectivity index (χ0n) is 13.6. The lowest BCUT2D eigenvalue weighted by molar-refractivity contribution is -0.329. The molecule has 0 aliphatic carbocycles. The van der Waals surface area contributed by atoms with Crippen LogP contribution in [-0.4, -0.2) is 11.6 Å². The summed E-state index contributed by atoms with van der Waals surface area (Å²) in [6.07, 6.45) is 5.83. The summed E-state index contributed by atoms with van der Waals surface area (Å²) >= 11 is 0. The van der Waals surface area contributed by atoms with E-state index >= 15 is 0 Å². The highest BCUT2D eigenvalue weighted by Gasteiger charge is 2.25. The van der Waals surface area contributed by atoms with Crippen LogP contribution in [0.2, 0.25) is 0 Å². The summed E-state index contributed by atoms with van der Waals surface area (Å²) in [5, 5.41) is 0.